The van der Waals surface area contributed by atoms with Crippen LogP contribution in [0.1, 0.15) is 13.8 Å². The van der Waals surface area contributed by atoms with Gasteiger partial charge in [-0.3, -0.25) is 4.79 Å². The third kappa shape index (κ3) is 1.41. The maximum atomic E-state index is 11.3. The van der Waals surface area contributed by atoms with Gasteiger partial charge in [0.25, 0.3) is 5.56 Å². The van der Waals surface area contributed by atoms with Crippen molar-refractivity contribution in [2.45, 2.75) is 20.4 Å². The van der Waals surface area contributed by atoms with Crippen molar-refractivity contribution in [2.75, 3.05) is 0 Å². The van der Waals surface area contributed by atoms with Crippen LogP contribution in [0.5, 0.6) is 0 Å². The lowest BCUT2D eigenvalue weighted by Gasteiger charge is -2.05. The van der Waals surface area contributed by atoms with Crippen molar-refractivity contribution >= 4 is 11.2 Å². The molecule has 1 N–H and O–H groups in total. The number of hydrogen-bond donors (Lipinski definition) is 1. The molecule has 0 radical (unpaired) electrons. The maximum absolute atomic E-state index is 11.3. The van der Waals surface area contributed by atoms with E-state index in [2.05, 4.69) is 28.8 Å². The molecule has 0 atom stereocenters. The van der Waals surface area contributed by atoms with Crippen LogP contribution in [0.3, 0.4) is 0 Å². The summed E-state index contributed by atoms with van der Waals surface area (Å²) >= 11 is 0. The summed E-state index contributed by atoms with van der Waals surface area (Å²) in [7, 11) is 0. The molecular formula is C9H12N4O. The molecule has 0 fully saturated rings. The average Bonchev–Trinajstić information content (AvgIpc) is 2.49. The largest absolute Gasteiger partial charge is 0.315 e. The molecule has 0 saturated carbocycles. The van der Waals surface area contributed by atoms with E-state index in [1.807, 2.05) is 4.57 Å². The molecular weight excluding hydrogens is 180 g/mol. The minimum Gasteiger partial charge on any atom is -0.315 e. The zero-order valence-corrected chi connectivity index (χ0v) is 8.19. The number of nitrogens with zero attached hydrogens (tertiary/aromatic N) is 3. The van der Waals surface area contributed by atoms with Crippen molar-refractivity contribution in [3.05, 3.63) is 23.0 Å². The van der Waals surface area contributed by atoms with Crippen LogP contribution < -0.4 is 5.56 Å². The topological polar surface area (TPSA) is 63.6 Å². The molecule has 5 nitrogen and oxygen atoms in total. The molecule has 0 amide bonds. The Morgan fingerprint density at radius 1 is 1.50 bits per heavy atom. The highest BCUT2D eigenvalue weighted by Crippen LogP contribution is 2.06. The second kappa shape index (κ2) is 3.25. The van der Waals surface area contributed by atoms with Crippen LogP contribution in [0.4, 0.5) is 0 Å². The molecule has 0 aliphatic heterocycles. The number of rotatable bonds is 2. The summed E-state index contributed by atoms with van der Waals surface area (Å²) in [5, 5.41) is 0. The van der Waals surface area contributed by atoms with Crippen LogP contribution in [0.15, 0.2) is 17.4 Å². The van der Waals surface area contributed by atoms with E-state index >= 15 is 0 Å². The Bertz CT molecular complexity index is 497. The lowest BCUT2D eigenvalue weighted by molar-refractivity contribution is 0.530. The zero-order chi connectivity index (χ0) is 10.1. The van der Waals surface area contributed by atoms with Gasteiger partial charge in [0, 0.05) is 6.54 Å². The van der Waals surface area contributed by atoms with Gasteiger partial charge in [-0.05, 0) is 5.92 Å². The van der Waals surface area contributed by atoms with Gasteiger partial charge in [0.2, 0.25) is 0 Å². The molecule has 0 saturated heterocycles. The van der Waals surface area contributed by atoms with E-state index in [0.717, 1.165) is 6.54 Å². The van der Waals surface area contributed by atoms with E-state index in [1.165, 1.54) is 6.33 Å². The number of imidazole rings is 1. The summed E-state index contributed by atoms with van der Waals surface area (Å²) in [5.41, 5.74) is 0.883. The predicted molar refractivity (Wildman–Crippen MR) is 53.0 cm³/mol. The van der Waals surface area contributed by atoms with Crippen molar-refractivity contribution in [3.63, 3.8) is 0 Å². The highest BCUT2D eigenvalue weighted by Gasteiger charge is 2.07. The molecule has 0 aliphatic rings. The summed E-state index contributed by atoms with van der Waals surface area (Å²) in [5.74, 6) is 0.508. The smallest absolute Gasteiger partial charge is 0.278 e. The van der Waals surface area contributed by atoms with Crippen molar-refractivity contribution in [3.8, 4) is 0 Å². The minimum atomic E-state index is -0.183. The number of aromatic nitrogens is 4. The van der Waals surface area contributed by atoms with Crippen LogP contribution in [0, 0.1) is 5.92 Å². The highest BCUT2D eigenvalue weighted by molar-refractivity contribution is 5.68. The van der Waals surface area contributed by atoms with Crippen LogP contribution in [0.25, 0.3) is 11.2 Å². The number of nitrogens with one attached hydrogen (secondary N) is 1. The first kappa shape index (κ1) is 8.93. The average molecular weight is 192 g/mol. The lowest BCUT2D eigenvalue weighted by atomic mass is 10.2. The zero-order valence-electron chi connectivity index (χ0n) is 8.19. The number of H-pyrrole nitrogens is 1. The minimum absolute atomic E-state index is 0.183. The predicted octanol–water partition coefficient (Wildman–Crippen LogP) is 0.776. The Morgan fingerprint density at radius 2 is 2.29 bits per heavy atom. The Hall–Kier alpha value is -1.65. The van der Waals surface area contributed by atoms with Gasteiger partial charge >= 0.3 is 0 Å². The molecule has 0 spiro atoms. The lowest BCUT2D eigenvalue weighted by Crippen LogP contribution is -2.09. The van der Waals surface area contributed by atoms with Gasteiger partial charge < -0.3 is 9.55 Å². The van der Waals surface area contributed by atoms with Crippen LogP contribution in [0.2, 0.25) is 0 Å². The first-order chi connectivity index (χ1) is 6.68. The van der Waals surface area contributed by atoms with Gasteiger partial charge in [0.05, 0.1) is 12.7 Å². The first-order valence-electron chi connectivity index (χ1n) is 4.57. The van der Waals surface area contributed by atoms with Gasteiger partial charge in [-0.25, -0.2) is 9.97 Å². The van der Waals surface area contributed by atoms with Gasteiger partial charge in [0.15, 0.2) is 11.2 Å². The molecule has 0 unspecified atom stereocenters. The summed E-state index contributed by atoms with van der Waals surface area (Å²) in [6.07, 6.45) is 3.07. The monoisotopic (exact) mass is 192 g/mol. The number of aromatic amines is 1. The fourth-order valence-corrected chi connectivity index (χ4v) is 1.42. The second-order valence-electron chi connectivity index (χ2n) is 3.69. The van der Waals surface area contributed by atoms with Gasteiger partial charge in [-0.2, -0.15) is 0 Å². The van der Waals surface area contributed by atoms with Crippen LogP contribution in [-0.4, -0.2) is 19.5 Å². The Morgan fingerprint density at radius 3 is 3.00 bits per heavy atom. The molecule has 2 aromatic heterocycles. The summed E-state index contributed by atoms with van der Waals surface area (Å²) in [6, 6.07) is 0. The van der Waals surface area contributed by atoms with Crippen molar-refractivity contribution in [1.82, 2.24) is 19.5 Å². The third-order valence-corrected chi connectivity index (χ3v) is 1.97. The molecule has 0 bridgehead atoms. The van der Waals surface area contributed by atoms with Gasteiger partial charge in [-0.1, -0.05) is 13.8 Å². The fourth-order valence-electron chi connectivity index (χ4n) is 1.42. The quantitative estimate of drug-likeness (QED) is 0.764. The van der Waals surface area contributed by atoms with Crippen LogP contribution in [-0.2, 0) is 6.54 Å². The number of fused-ring (bicyclic) bond motifs is 1. The second-order valence-corrected chi connectivity index (χ2v) is 3.69. The Balaban J connectivity index is 2.58. The van der Waals surface area contributed by atoms with E-state index in [9.17, 15) is 4.79 Å². The molecule has 2 rings (SSSR count). The van der Waals surface area contributed by atoms with E-state index in [1.54, 1.807) is 6.33 Å². The standard InChI is InChI=1S/C9H12N4O/c1-6(2)3-13-5-12-7-8(13)10-4-11-9(7)14/h4-6H,3H2,1-2H3,(H,10,11,14). The highest BCUT2D eigenvalue weighted by atomic mass is 16.1. The maximum Gasteiger partial charge on any atom is 0.278 e. The fraction of sp³-hybridized carbons (Fsp3) is 0.444. The Labute approximate surface area is 80.8 Å². The Kier molecular flexibility index (Phi) is 2.07. The normalized spacial score (nSPS) is 11.4. The molecule has 2 aromatic rings. The summed E-state index contributed by atoms with van der Waals surface area (Å²) in [4.78, 5) is 21.9. The molecule has 74 valence electrons. The third-order valence-electron chi connectivity index (χ3n) is 1.97. The van der Waals surface area contributed by atoms with E-state index < -0.39 is 0 Å². The van der Waals surface area contributed by atoms with Crippen LogP contribution >= 0.6 is 0 Å². The van der Waals surface area contributed by atoms with Crippen molar-refractivity contribution in [1.29, 1.82) is 0 Å². The first-order valence-corrected chi connectivity index (χ1v) is 4.57. The molecule has 14 heavy (non-hydrogen) atoms. The summed E-state index contributed by atoms with van der Waals surface area (Å²) < 4.78 is 1.90. The summed E-state index contributed by atoms with van der Waals surface area (Å²) in [6.45, 7) is 5.05. The van der Waals surface area contributed by atoms with Crippen molar-refractivity contribution < 1.29 is 0 Å². The van der Waals surface area contributed by atoms with E-state index in [4.69, 9.17) is 0 Å². The van der Waals surface area contributed by atoms with Crippen molar-refractivity contribution in [2.24, 2.45) is 5.92 Å². The van der Waals surface area contributed by atoms with Gasteiger partial charge in [0.1, 0.15) is 0 Å². The van der Waals surface area contributed by atoms with E-state index in [-0.39, 0.29) is 5.56 Å². The number of hydrogen-bond acceptors (Lipinski definition) is 3. The van der Waals surface area contributed by atoms with E-state index in [0.29, 0.717) is 17.1 Å². The molecule has 2 heterocycles. The van der Waals surface area contributed by atoms with Gasteiger partial charge in [-0.15, -0.1) is 0 Å². The molecule has 5 heteroatoms. The molecule has 0 aliphatic carbocycles. The molecule has 0 aromatic carbocycles. The SMILES string of the molecule is CC(C)Cn1cnc2c(=O)[nH]cnc21.